The highest BCUT2D eigenvalue weighted by atomic mass is 32.2. The maximum absolute atomic E-state index is 13.0. The summed E-state index contributed by atoms with van der Waals surface area (Å²) in [5.74, 6) is 0.178. The molecule has 0 spiro atoms. The van der Waals surface area contributed by atoms with Gasteiger partial charge in [-0.25, -0.2) is 8.42 Å². The summed E-state index contributed by atoms with van der Waals surface area (Å²) in [6.07, 6.45) is 5.36. The van der Waals surface area contributed by atoms with Crippen molar-refractivity contribution in [1.82, 2.24) is 4.31 Å². The largest absolute Gasteiger partial charge is 0.295 e. The molecule has 0 unspecified atom stereocenters. The average molecular weight is 359 g/mol. The highest BCUT2D eigenvalue weighted by molar-refractivity contribution is 7.89. The molecule has 0 radical (unpaired) electrons. The summed E-state index contributed by atoms with van der Waals surface area (Å²) in [7, 11) is -3.54. The molecule has 1 aromatic rings. The van der Waals surface area contributed by atoms with Gasteiger partial charge < -0.3 is 0 Å². The fourth-order valence-corrected chi connectivity index (χ4v) is 5.33. The molecule has 3 rings (SSSR count). The van der Waals surface area contributed by atoms with Crippen LogP contribution in [0.5, 0.6) is 0 Å². The Kier molecular flexibility index (Phi) is 4.98. The first kappa shape index (κ1) is 18.1. The molecular weight excluding hydrogens is 334 g/mol. The predicted molar refractivity (Wildman–Crippen MR) is 98.7 cm³/mol. The first-order valence-corrected chi connectivity index (χ1v) is 10.2. The van der Waals surface area contributed by atoms with Crippen LogP contribution in [0.2, 0.25) is 0 Å². The van der Waals surface area contributed by atoms with Crippen molar-refractivity contribution in [3.05, 3.63) is 53.1 Å². The smallest absolute Gasteiger partial charge is 0.243 e. The van der Waals surface area contributed by atoms with Crippen LogP contribution in [-0.2, 0) is 14.8 Å². The van der Waals surface area contributed by atoms with Gasteiger partial charge in [0.15, 0.2) is 5.78 Å². The lowest BCUT2D eigenvalue weighted by Crippen LogP contribution is -2.29. The lowest BCUT2D eigenvalue weighted by Gasteiger charge is -2.22. The second-order valence-electron chi connectivity index (χ2n) is 7.21. The van der Waals surface area contributed by atoms with Crippen LogP contribution < -0.4 is 0 Å². The van der Waals surface area contributed by atoms with Crippen molar-refractivity contribution in [2.75, 3.05) is 13.1 Å². The van der Waals surface area contributed by atoms with Crippen molar-refractivity contribution in [2.24, 2.45) is 11.8 Å². The van der Waals surface area contributed by atoms with Crippen LogP contribution >= 0.6 is 0 Å². The number of nitrogens with zero attached hydrogens (tertiary/aromatic N) is 1. The third-order valence-corrected chi connectivity index (χ3v) is 6.97. The van der Waals surface area contributed by atoms with Gasteiger partial charge in [-0.2, -0.15) is 4.31 Å². The second kappa shape index (κ2) is 6.89. The van der Waals surface area contributed by atoms with E-state index >= 15 is 0 Å². The molecule has 1 fully saturated rings. The first-order chi connectivity index (χ1) is 11.8. The van der Waals surface area contributed by atoms with Crippen molar-refractivity contribution >= 4 is 15.8 Å². The quantitative estimate of drug-likeness (QED) is 0.600. The summed E-state index contributed by atoms with van der Waals surface area (Å²) < 4.78 is 27.6. The van der Waals surface area contributed by atoms with Crippen molar-refractivity contribution < 1.29 is 13.2 Å². The molecule has 134 valence electrons. The number of allylic oxidation sites excluding steroid dienone is 2. The molecule has 1 aromatic carbocycles. The van der Waals surface area contributed by atoms with Gasteiger partial charge in [-0.3, -0.25) is 4.79 Å². The van der Waals surface area contributed by atoms with Crippen LogP contribution in [0.3, 0.4) is 0 Å². The molecule has 1 heterocycles. The average Bonchev–Trinajstić information content (AvgIpc) is 2.94. The summed E-state index contributed by atoms with van der Waals surface area (Å²) in [5.41, 5.74) is 2.86. The Morgan fingerprint density at radius 1 is 1.12 bits per heavy atom. The van der Waals surface area contributed by atoms with Gasteiger partial charge in [0.25, 0.3) is 0 Å². The van der Waals surface area contributed by atoms with Crippen LogP contribution in [0.15, 0.2) is 52.5 Å². The Labute approximate surface area is 150 Å². The van der Waals surface area contributed by atoms with Gasteiger partial charge in [-0.1, -0.05) is 35.4 Å². The van der Waals surface area contributed by atoms with Gasteiger partial charge in [-0.15, -0.1) is 0 Å². The van der Waals surface area contributed by atoms with Crippen molar-refractivity contribution in [3.63, 3.8) is 0 Å². The third-order valence-electron chi connectivity index (χ3n) is 5.12. The number of Topliss-reactive ketones (excluding diaryl/α,β-unsaturated/α-hetero) is 1. The Morgan fingerprint density at radius 3 is 2.44 bits per heavy atom. The maximum atomic E-state index is 13.0. The first-order valence-electron chi connectivity index (χ1n) is 8.74. The SMILES string of the molecule is CC(C)=C1C(=O)CC/C=C\[C@@H]2CN(S(=O)(=O)c3ccc(C)cc3)C[C@H]12. The Hall–Kier alpha value is -1.72. The zero-order valence-electron chi connectivity index (χ0n) is 15.0. The van der Waals surface area contributed by atoms with Crippen LogP contribution in [0.25, 0.3) is 0 Å². The van der Waals surface area contributed by atoms with E-state index < -0.39 is 10.0 Å². The lowest BCUT2D eigenvalue weighted by molar-refractivity contribution is -0.116. The zero-order chi connectivity index (χ0) is 18.2. The molecule has 4 nitrogen and oxygen atoms in total. The number of aryl methyl sites for hydroxylation is 1. The van der Waals surface area contributed by atoms with Gasteiger partial charge in [0.1, 0.15) is 0 Å². The van der Waals surface area contributed by atoms with Crippen LogP contribution in [0.4, 0.5) is 0 Å². The van der Waals surface area contributed by atoms with Crippen molar-refractivity contribution in [1.29, 1.82) is 0 Å². The number of sulfonamides is 1. The number of hydrogen-bond acceptors (Lipinski definition) is 3. The molecule has 2 aliphatic rings. The summed E-state index contributed by atoms with van der Waals surface area (Å²) in [5, 5.41) is 0. The highest BCUT2D eigenvalue weighted by Crippen LogP contribution is 2.37. The van der Waals surface area contributed by atoms with Gasteiger partial charge in [0.2, 0.25) is 10.0 Å². The number of ketones is 1. The molecule has 0 amide bonds. The summed E-state index contributed by atoms with van der Waals surface area (Å²) in [4.78, 5) is 12.9. The summed E-state index contributed by atoms with van der Waals surface area (Å²) >= 11 is 0. The monoisotopic (exact) mass is 359 g/mol. The Balaban J connectivity index is 1.96. The van der Waals surface area contributed by atoms with E-state index in [-0.39, 0.29) is 17.6 Å². The van der Waals surface area contributed by atoms with Gasteiger partial charge >= 0.3 is 0 Å². The molecular formula is C20H25NO3S. The fraction of sp³-hybridized carbons (Fsp3) is 0.450. The minimum absolute atomic E-state index is 0.0470. The third kappa shape index (κ3) is 3.48. The van der Waals surface area contributed by atoms with E-state index in [1.54, 1.807) is 16.4 Å². The van der Waals surface area contributed by atoms with Crippen LogP contribution in [0, 0.1) is 18.8 Å². The Bertz CT molecular complexity index is 830. The van der Waals surface area contributed by atoms with Crippen LogP contribution in [-0.4, -0.2) is 31.6 Å². The van der Waals surface area contributed by atoms with E-state index in [1.165, 1.54) is 0 Å². The molecule has 1 aliphatic carbocycles. The number of hydrogen-bond donors (Lipinski definition) is 0. The Morgan fingerprint density at radius 2 is 1.80 bits per heavy atom. The predicted octanol–water partition coefficient (Wildman–Crippen LogP) is 3.49. The molecule has 1 aliphatic heterocycles. The minimum Gasteiger partial charge on any atom is -0.295 e. The minimum atomic E-state index is -3.54. The maximum Gasteiger partial charge on any atom is 0.243 e. The molecule has 0 aromatic heterocycles. The molecule has 0 bridgehead atoms. The standard InChI is InChI=1S/C20H25NO3S/c1-14(2)20-18-13-21(12-16(18)6-4-5-7-19(20)22)25(23,24)17-10-8-15(3)9-11-17/h4,6,8-11,16,18H,5,7,12-13H2,1-3H3/b6-4-/t16-,18+/m1/s1. The number of benzene rings is 1. The lowest BCUT2D eigenvalue weighted by atomic mass is 9.81. The number of carbonyl (C=O) groups is 1. The second-order valence-corrected chi connectivity index (χ2v) is 9.15. The molecule has 0 N–H and O–H groups in total. The highest BCUT2D eigenvalue weighted by Gasteiger charge is 2.41. The van der Waals surface area contributed by atoms with Crippen molar-refractivity contribution in [3.8, 4) is 0 Å². The van der Waals surface area contributed by atoms with Crippen LogP contribution in [0.1, 0.15) is 32.3 Å². The summed E-state index contributed by atoms with van der Waals surface area (Å²) in [6, 6.07) is 6.95. The van der Waals surface area contributed by atoms with E-state index in [0.29, 0.717) is 24.4 Å². The van der Waals surface area contributed by atoms with Crippen molar-refractivity contribution in [2.45, 2.75) is 38.5 Å². The van der Waals surface area contributed by atoms with E-state index in [0.717, 1.165) is 23.1 Å². The molecule has 2 atom stereocenters. The number of rotatable bonds is 2. The summed E-state index contributed by atoms with van der Waals surface area (Å²) in [6.45, 7) is 6.64. The topological polar surface area (TPSA) is 54.5 Å². The fourth-order valence-electron chi connectivity index (χ4n) is 3.82. The number of fused-ring (bicyclic) bond motifs is 1. The van der Waals surface area contributed by atoms with Gasteiger partial charge in [0.05, 0.1) is 4.90 Å². The van der Waals surface area contributed by atoms with Gasteiger partial charge in [0, 0.05) is 25.4 Å². The number of carbonyl (C=O) groups excluding carboxylic acids is 1. The molecule has 5 heteroatoms. The zero-order valence-corrected chi connectivity index (χ0v) is 15.8. The van der Waals surface area contributed by atoms with E-state index in [1.807, 2.05) is 39.0 Å². The van der Waals surface area contributed by atoms with Gasteiger partial charge in [-0.05, 0) is 50.8 Å². The molecule has 25 heavy (non-hydrogen) atoms. The van der Waals surface area contributed by atoms with E-state index in [9.17, 15) is 13.2 Å². The van der Waals surface area contributed by atoms with E-state index in [4.69, 9.17) is 0 Å². The molecule has 0 saturated carbocycles. The normalized spacial score (nSPS) is 26.0. The van der Waals surface area contributed by atoms with E-state index in [2.05, 4.69) is 6.08 Å². The molecule has 1 saturated heterocycles.